The van der Waals surface area contributed by atoms with E-state index in [-0.39, 0.29) is 18.1 Å². The number of nitrogens with one attached hydrogen (secondary N) is 2. The van der Waals surface area contributed by atoms with E-state index < -0.39 is 0 Å². The molecular weight excluding hydrogens is 286 g/mol. The van der Waals surface area contributed by atoms with Gasteiger partial charge in [0.05, 0.1) is 17.8 Å². The number of halogens is 1. The second kappa shape index (κ2) is 7.09. The third-order valence-electron chi connectivity index (χ3n) is 3.18. The minimum Gasteiger partial charge on any atom is -0.332 e. The van der Waals surface area contributed by atoms with Crippen LogP contribution in [-0.4, -0.2) is 11.0 Å². The lowest BCUT2D eigenvalue weighted by molar-refractivity contribution is 0.234. The number of urea groups is 1. The molecule has 0 fully saturated rings. The lowest BCUT2D eigenvalue weighted by Gasteiger charge is -2.18. The van der Waals surface area contributed by atoms with Crippen molar-refractivity contribution in [3.8, 4) is 0 Å². The number of hydrogen-bond donors (Lipinski definition) is 2. The van der Waals surface area contributed by atoms with Gasteiger partial charge in [0.15, 0.2) is 0 Å². The van der Waals surface area contributed by atoms with Crippen LogP contribution in [0, 0.1) is 0 Å². The van der Waals surface area contributed by atoms with E-state index in [1.165, 1.54) is 0 Å². The Kier molecular flexibility index (Phi) is 5.17. The molecule has 2 aromatic rings. The highest BCUT2D eigenvalue weighted by atomic mass is 35.5. The van der Waals surface area contributed by atoms with Gasteiger partial charge in [0, 0.05) is 11.2 Å². The molecule has 5 heteroatoms. The van der Waals surface area contributed by atoms with Gasteiger partial charge in [0.1, 0.15) is 0 Å². The molecule has 2 atom stereocenters. The molecule has 0 aliphatic rings. The number of amides is 2. The van der Waals surface area contributed by atoms with Crippen LogP contribution in [0.3, 0.4) is 0 Å². The van der Waals surface area contributed by atoms with Gasteiger partial charge in [0.25, 0.3) is 0 Å². The Labute approximate surface area is 129 Å². The summed E-state index contributed by atoms with van der Waals surface area (Å²) in [7, 11) is 0. The zero-order valence-electron chi connectivity index (χ0n) is 12.0. The molecule has 2 unspecified atom stereocenters. The van der Waals surface area contributed by atoms with Gasteiger partial charge in [-0.2, -0.15) is 0 Å². The van der Waals surface area contributed by atoms with Crippen molar-refractivity contribution in [3.05, 3.63) is 64.9 Å². The molecule has 0 aliphatic carbocycles. The summed E-state index contributed by atoms with van der Waals surface area (Å²) in [4.78, 5) is 16.2. The summed E-state index contributed by atoms with van der Waals surface area (Å²) >= 11 is 5.95. The predicted octanol–water partition coefficient (Wildman–Crippen LogP) is 3.86. The molecule has 1 aromatic carbocycles. The van der Waals surface area contributed by atoms with Crippen molar-refractivity contribution >= 4 is 17.6 Å². The molecule has 0 spiro atoms. The third-order valence-corrected chi connectivity index (χ3v) is 3.41. The fourth-order valence-electron chi connectivity index (χ4n) is 2.00. The molecule has 1 aromatic heterocycles. The Morgan fingerprint density at radius 3 is 2.52 bits per heavy atom. The standard InChI is InChI=1S/C16H18ClN3O/c1-11(13-6-5-7-14(17)10-13)19-16(21)20-12(2)15-8-3-4-9-18-15/h3-12H,1-2H3,(H2,19,20,21). The maximum absolute atomic E-state index is 12.0. The molecule has 2 amide bonds. The fraction of sp³-hybridized carbons (Fsp3) is 0.250. The molecule has 0 aliphatic heterocycles. The summed E-state index contributed by atoms with van der Waals surface area (Å²) in [5, 5.41) is 6.41. The van der Waals surface area contributed by atoms with Crippen LogP contribution in [0.5, 0.6) is 0 Å². The van der Waals surface area contributed by atoms with Gasteiger partial charge in [-0.25, -0.2) is 4.79 Å². The largest absolute Gasteiger partial charge is 0.332 e. The predicted molar refractivity (Wildman–Crippen MR) is 84.2 cm³/mol. The summed E-state index contributed by atoms with van der Waals surface area (Å²) in [6.07, 6.45) is 1.71. The summed E-state index contributed by atoms with van der Waals surface area (Å²) < 4.78 is 0. The number of carbonyl (C=O) groups is 1. The lowest BCUT2D eigenvalue weighted by Crippen LogP contribution is -2.38. The smallest absolute Gasteiger partial charge is 0.315 e. The number of rotatable bonds is 4. The molecule has 0 radical (unpaired) electrons. The molecule has 2 N–H and O–H groups in total. The van der Waals surface area contributed by atoms with Crippen LogP contribution < -0.4 is 10.6 Å². The first kappa shape index (κ1) is 15.3. The van der Waals surface area contributed by atoms with Gasteiger partial charge in [-0.3, -0.25) is 4.98 Å². The van der Waals surface area contributed by atoms with E-state index in [0.29, 0.717) is 5.02 Å². The van der Waals surface area contributed by atoms with Crippen LogP contribution in [0.2, 0.25) is 5.02 Å². The Morgan fingerprint density at radius 1 is 1.10 bits per heavy atom. The minimum atomic E-state index is -0.236. The van der Waals surface area contributed by atoms with E-state index in [4.69, 9.17) is 11.6 Å². The van der Waals surface area contributed by atoms with Crippen LogP contribution in [0.1, 0.15) is 37.2 Å². The normalized spacial score (nSPS) is 13.3. The maximum atomic E-state index is 12.0. The SMILES string of the molecule is CC(NC(=O)NC(C)c1ccccn1)c1cccc(Cl)c1. The molecular formula is C16H18ClN3O. The van der Waals surface area contributed by atoms with Gasteiger partial charge < -0.3 is 10.6 Å². The quantitative estimate of drug-likeness (QED) is 0.901. The van der Waals surface area contributed by atoms with Crippen LogP contribution >= 0.6 is 11.6 Å². The number of hydrogen-bond acceptors (Lipinski definition) is 2. The number of carbonyl (C=O) groups excluding carboxylic acids is 1. The van der Waals surface area contributed by atoms with Crippen LogP contribution in [0.4, 0.5) is 4.79 Å². The van der Waals surface area contributed by atoms with E-state index in [0.717, 1.165) is 11.3 Å². The molecule has 0 saturated heterocycles. The van der Waals surface area contributed by atoms with E-state index >= 15 is 0 Å². The van der Waals surface area contributed by atoms with Gasteiger partial charge in [-0.1, -0.05) is 29.8 Å². The van der Waals surface area contributed by atoms with Crippen LogP contribution in [0.25, 0.3) is 0 Å². The van der Waals surface area contributed by atoms with Crippen molar-refractivity contribution in [2.75, 3.05) is 0 Å². The molecule has 4 nitrogen and oxygen atoms in total. The molecule has 21 heavy (non-hydrogen) atoms. The molecule has 2 rings (SSSR count). The first-order valence-corrected chi connectivity index (χ1v) is 7.17. The van der Waals surface area contributed by atoms with Crippen molar-refractivity contribution < 1.29 is 4.79 Å². The first-order valence-electron chi connectivity index (χ1n) is 6.79. The van der Waals surface area contributed by atoms with Crippen molar-refractivity contribution in [2.24, 2.45) is 0 Å². The zero-order valence-corrected chi connectivity index (χ0v) is 12.8. The average Bonchev–Trinajstić information content (AvgIpc) is 2.48. The highest BCUT2D eigenvalue weighted by Gasteiger charge is 2.13. The Morgan fingerprint density at radius 2 is 1.86 bits per heavy atom. The van der Waals surface area contributed by atoms with Gasteiger partial charge in [0.2, 0.25) is 0 Å². The molecule has 0 bridgehead atoms. The van der Waals surface area contributed by atoms with Crippen LogP contribution in [0.15, 0.2) is 48.7 Å². The van der Waals surface area contributed by atoms with Crippen LogP contribution in [-0.2, 0) is 0 Å². The van der Waals surface area contributed by atoms with E-state index in [9.17, 15) is 4.79 Å². The van der Waals surface area contributed by atoms with Crippen molar-refractivity contribution in [2.45, 2.75) is 25.9 Å². The Hall–Kier alpha value is -2.07. The topological polar surface area (TPSA) is 54.0 Å². The lowest BCUT2D eigenvalue weighted by atomic mass is 10.1. The number of nitrogens with zero attached hydrogens (tertiary/aromatic N) is 1. The second-order valence-electron chi connectivity index (χ2n) is 4.87. The first-order chi connectivity index (χ1) is 10.1. The second-order valence-corrected chi connectivity index (χ2v) is 5.31. The Balaban J connectivity index is 1.92. The van der Waals surface area contributed by atoms with Crippen molar-refractivity contribution in [3.63, 3.8) is 0 Å². The highest BCUT2D eigenvalue weighted by molar-refractivity contribution is 6.30. The monoisotopic (exact) mass is 303 g/mol. The molecule has 110 valence electrons. The third kappa shape index (κ3) is 4.46. The van der Waals surface area contributed by atoms with Gasteiger partial charge in [-0.15, -0.1) is 0 Å². The zero-order chi connectivity index (χ0) is 15.2. The van der Waals surface area contributed by atoms with Crippen molar-refractivity contribution in [1.82, 2.24) is 15.6 Å². The fourth-order valence-corrected chi connectivity index (χ4v) is 2.20. The van der Waals surface area contributed by atoms with Crippen molar-refractivity contribution in [1.29, 1.82) is 0 Å². The number of benzene rings is 1. The summed E-state index contributed by atoms with van der Waals surface area (Å²) in [5.74, 6) is 0. The van der Waals surface area contributed by atoms with Gasteiger partial charge in [-0.05, 0) is 43.7 Å². The number of pyridine rings is 1. The molecule has 0 saturated carbocycles. The Bertz CT molecular complexity index is 603. The van der Waals surface area contributed by atoms with Gasteiger partial charge >= 0.3 is 6.03 Å². The van der Waals surface area contributed by atoms with E-state index in [1.807, 2.05) is 50.2 Å². The summed E-state index contributed by atoms with van der Waals surface area (Å²) in [6, 6.07) is 12.5. The van der Waals surface area contributed by atoms with E-state index in [2.05, 4.69) is 15.6 Å². The summed E-state index contributed by atoms with van der Waals surface area (Å²) in [6.45, 7) is 3.81. The highest BCUT2D eigenvalue weighted by Crippen LogP contribution is 2.17. The summed E-state index contributed by atoms with van der Waals surface area (Å²) in [5.41, 5.74) is 1.78. The maximum Gasteiger partial charge on any atom is 0.315 e. The molecule has 1 heterocycles. The van der Waals surface area contributed by atoms with E-state index in [1.54, 1.807) is 12.3 Å². The minimum absolute atomic E-state index is 0.125. The average molecular weight is 304 g/mol. The number of aromatic nitrogens is 1.